The molecular formula is C9H12N4O. The Bertz CT molecular complexity index is 397. The van der Waals surface area contributed by atoms with Crippen LogP contribution in [0, 0.1) is 11.8 Å². The molecular weight excluding hydrogens is 180 g/mol. The van der Waals surface area contributed by atoms with E-state index in [1.165, 1.54) is 10.9 Å². The summed E-state index contributed by atoms with van der Waals surface area (Å²) in [4.78, 5) is 11.4. The topological polar surface area (TPSA) is 72.9 Å². The number of nitrogens with two attached hydrogens (primary N) is 1. The number of nitrogens with one attached hydrogen (secondary N) is 1. The van der Waals surface area contributed by atoms with Gasteiger partial charge in [0.05, 0.1) is 12.7 Å². The van der Waals surface area contributed by atoms with Gasteiger partial charge in [-0.2, -0.15) is 5.10 Å². The largest absolute Gasteiger partial charge is 0.383 e. The zero-order valence-electron chi connectivity index (χ0n) is 8.16. The summed E-state index contributed by atoms with van der Waals surface area (Å²) in [7, 11) is 1.68. The molecule has 0 radical (unpaired) electrons. The zero-order valence-corrected chi connectivity index (χ0v) is 8.16. The molecule has 0 fully saturated rings. The fourth-order valence-corrected chi connectivity index (χ4v) is 0.930. The number of nitrogens with zero attached hydrogens (tertiary/aromatic N) is 2. The number of rotatable bonds is 2. The molecule has 0 saturated carbocycles. The Morgan fingerprint density at radius 1 is 1.79 bits per heavy atom. The van der Waals surface area contributed by atoms with Crippen LogP contribution in [0.2, 0.25) is 0 Å². The molecule has 0 aliphatic rings. The molecule has 1 rings (SSSR count). The summed E-state index contributed by atoms with van der Waals surface area (Å²) < 4.78 is 1.44. The van der Waals surface area contributed by atoms with Gasteiger partial charge in [-0.25, -0.2) is 0 Å². The molecule has 1 aromatic heterocycles. The minimum atomic E-state index is -0.252. The molecule has 1 heterocycles. The van der Waals surface area contributed by atoms with Crippen LogP contribution in [-0.4, -0.2) is 22.2 Å². The van der Waals surface area contributed by atoms with E-state index in [0.29, 0.717) is 17.9 Å². The van der Waals surface area contributed by atoms with Gasteiger partial charge >= 0.3 is 0 Å². The molecule has 0 bridgehead atoms. The second-order valence-electron chi connectivity index (χ2n) is 2.68. The van der Waals surface area contributed by atoms with Crippen LogP contribution in [-0.2, 0) is 7.05 Å². The van der Waals surface area contributed by atoms with Crippen LogP contribution < -0.4 is 11.1 Å². The van der Waals surface area contributed by atoms with Gasteiger partial charge in [0.1, 0.15) is 11.4 Å². The van der Waals surface area contributed by atoms with Crippen LogP contribution in [0.1, 0.15) is 17.3 Å². The average Bonchev–Trinajstić information content (AvgIpc) is 2.48. The van der Waals surface area contributed by atoms with Crippen molar-refractivity contribution in [1.82, 2.24) is 15.1 Å². The Labute approximate surface area is 82.3 Å². The average molecular weight is 192 g/mol. The molecule has 74 valence electrons. The second kappa shape index (κ2) is 4.33. The van der Waals surface area contributed by atoms with Crippen LogP contribution in [0.15, 0.2) is 6.20 Å². The number of hydrogen-bond donors (Lipinski definition) is 2. The summed E-state index contributed by atoms with van der Waals surface area (Å²) in [6, 6.07) is 0. The molecule has 0 aromatic carbocycles. The van der Waals surface area contributed by atoms with Crippen LogP contribution in [0.3, 0.4) is 0 Å². The first kappa shape index (κ1) is 10.1. The lowest BCUT2D eigenvalue weighted by Crippen LogP contribution is -2.24. The molecule has 5 nitrogen and oxygen atoms in total. The van der Waals surface area contributed by atoms with Crippen molar-refractivity contribution in [3.8, 4) is 11.8 Å². The fourth-order valence-electron chi connectivity index (χ4n) is 0.930. The van der Waals surface area contributed by atoms with E-state index in [1.807, 2.05) is 0 Å². The van der Waals surface area contributed by atoms with E-state index in [1.54, 1.807) is 14.0 Å². The first-order valence-corrected chi connectivity index (χ1v) is 4.12. The van der Waals surface area contributed by atoms with Crippen molar-refractivity contribution in [2.24, 2.45) is 7.05 Å². The molecule has 3 N–H and O–H groups in total. The Morgan fingerprint density at radius 3 is 3.00 bits per heavy atom. The number of aryl methyl sites for hydroxylation is 1. The lowest BCUT2D eigenvalue weighted by atomic mass is 10.3. The Kier molecular flexibility index (Phi) is 3.13. The van der Waals surface area contributed by atoms with Crippen molar-refractivity contribution in [3.05, 3.63) is 11.8 Å². The second-order valence-corrected chi connectivity index (χ2v) is 2.68. The highest BCUT2D eigenvalue weighted by Crippen LogP contribution is 2.07. The normalized spacial score (nSPS) is 9.00. The SMILES string of the molecule is CC#CCNC(=O)c1cnn(C)c1N. The third-order valence-electron chi connectivity index (χ3n) is 1.74. The predicted octanol–water partition coefficient (Wildman–Crippen LogP) is -0.245. The molecule has 0 spiro atoms. The third-order valence-corrected chi connectivity index (χ3v) is 1.74. The van der Waals surface area contributed by atoms with E-state index in [0.717, 1.165) is 0 Å². The molecule has 0 aliphatic carbocycles. The molecule has 0 unspecified atom stereocenters. The molecule has 1 aromatic rings. The minimum Gasteiger partial charge on any atom is -0.383 e. The van der Waals surface area contributed by atoms with Gasteiger partial charge in [0.15, 0.2) is 0 Å². The number of hydrogen-bond acceptors (Lipinski definition) is 3. The first-order chi connectivity index (χ1) is 6.66. The number of amides is 1. The van der Waals surface area contributed by atoms with Gasteiger partial charge in [0.25, 0.3) is 5.91 Å². The van der Waals surface area contributed by atoms with E-state index in [9.17, 15) is 4.79 Å². The zero-order chi connectivity index (χ0) is 10.6. The van der Waals surface area contributed by atoms with E-state index in [2.05, 4.69) is 22.3 Å². The van der Waals surface area contributed by atoms with Gasteiger partial charge in [-0.15, -0.1) is 5.92 Å². The summed E-state index contributed by atoms with van der Waals surface area (Å²) in [5.74, 6) is 5.50. The van der Waals surface area contributed by atoms with Crippen LogP contribution in [0.5, 0.6) is 0 Å². The van der Waals surface area contributed by atoms with Crippen molar-refractivity contribution in [2.75, 3.05) is 12.3 Å². The van der Waals surface area contributed by atoms with Crippen LogP contribution in [0.4, 0.5) is 5.82 Å². The molecule has 5 heteroatoms. The lowest BCUT2D eigenvalue weighted by molar-refractivity contribution is 0.0959. The summed E-state index contributed by atoms with van der Waals surface area (Å²) in [6.07, 6.45) is 1.43. The highest BCUT2D eigenvalue weighted by atomic mass is 16.1. The highest BCUT2D eigenvalue weighted by molar-refractivity contribution is 5.98. The van der Waals surface area contributed by atoms with Gasteiger partial charge in [-0.05, 0) is 6.92 Å². The van der Waals surface area contributed by atoms with Gasteiger partial charge in [-0.1, -0.05) is 5.92 Å². The maximum atomic E-state index is 11.4. The van der Waals surface area contributed by atoms with Crippen molar-refractivity contribution < 1.29 is 4.79 Å². The molecule has 14 heavy (non-hydrogen) atoms. The quantitative estimate of drug-likeness (QED) is 0.635. The molecule has 0 atom stereocenters. The maximum Gasteiger partial charge on any atom is 0.257 e. The minimum absolute atomic E-state index is 0.252. The smallest absolute Gasteiger partial charge is 0.257 e. The van der Waals surface area contributed by atoms with Crippen LogP contribution in [0.25, 0.3) is 0 Å². The Hall–Kier alpha value is -1.96. The predicted molar refractivity (Wildman–Crippen MR) is 53.4 cm³/mol. The molecule has 0 saturated heterocycles. The van der Waals surface area contributed by atoms with Crippen molar-refractivity contribution in [1.29, 1.82) is 0 Å². The van der Waals surface area contributed by atoms with E-state index >= 15 is 0 Å². The summed E-state index contributed by atoms with van der Waals surface area (Å²) in [5.41, 5.74) is 5.99. The standard InChI is InChI=1S/C9H12N4O/c1-3-4-5-11-9(14)7-6-12-13(2)8(7)10/h6H,5,10H2,1-2H3,(H,11,14). The molecule has 1 amide bonds. The summed E-state index contributed by atoms with van der Waals surface area (Å²) in [6.45, 7) is 2.04. The molecule has 0 aliphatic heterocycles. The highest BCUT2D eigenvalue weighted by Gasteiger charge is 2.11. The van der Waals surface area contributed by atoms with E-state index < -0.39 is 0 Å². The third kappa shape index (κ3) is 2.04. The van der Waals surface area contributed by atoms with Gasteiger partial charge < -0.3 is 11.1 Å². The Balaban J connectivity index is 2.68. The number of nitrogen functional groups attached to an aromatic ring is 1. The van der Waals surface area contributed by atoms with Crippen molar-refractivity contribution in [2.45, 2.75) is 6.92 Å². The summed E-state index contributed by atoms with van der Waals surface area (Å²) in [5, 5.41) is 6.47. The number of carbonyl (C=O) groups is 1. The van der Waals surface area contributed by atoms with Crippen molar-refractivity contribution >= 4 is 11.7 Å². The van der Waals surface area contributed by atoms with Crippen LogP contribution >= 0.6 is 0 Å². The van der Waals surface area contributed by atoms with E-state index in [4.69, 9.17) is 5.73 Å². The number of aromatic nitrogens is 2. The maximum absolute atomic E-state index is 11.4. The lowest BCUT2D eigenvalue weighted by Gasteiger charge is -1.99. The Morgan fingerprint density at radius 2 is 2.50 bits per heavy atom. The first-order valence-electron chi connectivity index (χ1n) is 4.12. The van der Waals surface area contributed by atoms with Crippen molar-refractivity contribution in [3.63, 3.8) is 0 Å². The van der Waals surface area contributed by atoms with E-state index in [-0.39, 0.29) is 5.91 Å². The van der Waals surface area contributed by atoms with Gasteiger partial charge in [0, 0.05) is 7.05 Å². The summed E-state index contributed by atoms with van der Waals surface area (Å²) >= 11 is 0. The van der Waals surface area contributed by atoms with Gasteiger partial charge in [-0.3, -0.25) is 9.48 Å². The van der Waals surface area contributed by atoms with Gasteiger partial charge in [0.2, 0.25) is 0 Å². The fraction of sp³-hybridized carbons (Fsp3) is 0.333. The number of carbonyl (C=O) groups excluding carboxylic acids is 1. The monoisotopic (exact) mass is 192 g/mol. The number of anilines is 1.